The van der Waals surface area contributed by atoms with E-state index in [2.05, 4.69) is 36.8 Å². The number of carbonyl (C=O) groups is 5. The Hall–Kier alpha value is -5.33. The summed E-state index contributed by atoms with van der Waals surface area (Å²) in [6.45, 7) is 24.5. The van der Waals surface area contributed by atoms with Crippen molar-refractivity contribution in [3.8, 4) is 4.98 Å². The molecule has 4 fully saturated rings. The van der Waals surface area contributed by atoms with Crippen molar-refractivity contribution in [2.24, 2.45) is 0 Å². The fraction of sp³-hybridized carbons (Fsp3) is 0.548. The number of rotatable bonds is 8. The summed E-state index contributed by atoms with van der Waals surface area (Å²) in [6, 6.07) is 9.37. The number of cyclic esters (lactones) is 2. The molecule has 0 aliphatic carbocycles. The number of nitrogens with one attached hydrogen (secondary N) is 3. The molecular formula is C42H56BrF2N10NaO10. The molecule has 24 heteroatoms. The fourth-order valence-corrected chi connectivity index (χ4v) is 6.48. The van der Waals surface area contributed by atoms with Gasteiger partial charge in [0.1, 0.15) is 53.1 Å². The second-order valence-corrected chi connectivity index (χ2v) is 17.0. The smallest absolute Gasteiger partial charge is 0.550 e. The molecule has 20 nitrogen and oxygen atoms in total. The van der Waals surface area contributed by atoms with Crippen LogP contribution in [-0.4, -0.2) is 137 Å². The minimum atomic E-state index is -1.08. The average Bonchev–Trinajstić information content (AvgIpc) is 3.79. The summed E-state index contributed by atoms with van der Waals surface area (Å²) < 4.78 is 50.2. The van der Waals surface area contributed by atoms with E-state index in [-0.39, 0.29) is 61.6 Å². The Labute approximate surface area is 414 Å². The summed E-state index contributed by atoms with van der Waals surface area (Å²) in [4.78, 5) is 68.3. The topological polar surface area (TPSA) is 226 Å². The number of carboxylic acid groups (broad SMARTS) is 1. The van der Waals surface area contributed by atoms with Crippen LogP contribution in [0.3, 0.4) is 0 Å². The number of ether oxygens (including phenoxy) is 4. The van der Waals surface area contributed by atoms with E-state index in [0.29, 0.717) is 48.9 Å². The molecule has 66 heavy (non-hydrogen) atoms. The second kappa shape index (κ2) is 26.7. The number of nitrogens with zero attached hydrogens (tertiary/aromatic N) is 7. The fourth-order valence-electron chi connectivity index (χ4n) is 6.48. The zero-order valence-corrected chi connectivity index (χ0v) is 42.0. The van der Waals surface area contributed by atoms with Gasteiger partial charge in [0.15, 0.2) is 0 Å². The van der Waals surface area contributed by atoms with Crippen LogP contribution in [0.25, 0.3) is 4.95 Å². The molecule has 2 aromatic rings. The minimum absolute atomic E-state index is 0. The van der Waals surface area contributed by atoms with Crippen LogP contribution in [-0.2, 0) is 23.7 Å². The van der Waals surface area contributed by atoms with Gasteiger partial charge in [-0.05, 0) is 84.9 Å². The number of alkyl carbamates (subject to hydrolysis) is 2. The maximum Gasteiger partial charge on any atom is 1.00 e. The van der Waals surface area contributed by atoms with E-state index in [0.717, 1.165) is 33.1 Å². The van der Waals surface area contributed by atoms with Gasteiger partial charge in [-0.25, -0.2) is 28.0 Å². The van der Waals surface area contributed by atoms with Crippen molar-refractivity contribution in [2.75, 3.05) is 98.1 Å². The maximum absolute atomic E-state index is 14.7. The summed E-state index contributed by atoms with van der Waals surface area (Å²) in [6.07, 6.45) is -3.42. The summed E-state index contributed by atoms with van der Waals surface area (Å²) in [7, 11) is 0. The van der Waals surface area contributed by atoms with E-state index in [1.165, 1.54) is 21.9 Å². The first-order chi connectivity index (χ1) is 30.5. The number of hydrogen-bond acceptors (Lipinski definition) is 15. The van der Waals surface area contributed by atoms with Crippen molar-refractivity contribution in [1.82, 2.24) is 21.0 Å². The zero-order chi connectivity index (χ0) is 48.5. The van der Waals surface area contributed by atoms with Crippen LogP contribution < -0.4 is 70.2 Å². The Morgan fingerprint density at radius 1 is 0.818 bits per heavy atom. The van der Waals surface area contributed by atoms with Gasteiger partial charge in [0, 0.05) is 61.2 Å². The normalized spacial score (nSPS) is 17.8. The number of halogens is 3. The molecule has 0 unspecified atom stereocenters. The first kappa shape index (κ1) is 56.8. The Morgan fingerprint density at radius 3 is 1.52 bits per heavy atom. The molecular weight excluding hydrogens is 945 g/mol. The number of amides is 4. The SMILES string of the molecule is CC(=O)[O-].CC(C)(C)OC(=O)NC[C@H]1CN(c2ccc(N3CCNCC3)c(F)c2)C(=O)O1.N#CBr.[C-]#[N+]N1CCN(c2ccc(N3C[C@H](CNC(=O)OC(C)(C)C)OC3=O)cc2F)CC1.[Na+]. The largest absolute Gasteiger partial charge is 1.00 e. The van der Waals surface area contributed by atoms with Gasteiger partial charge < -0.3 is 54.6 Å². The van der Waals surface area contributed by atoms with Crippen molar-refractivity contribution >= 4 is 69.0 Å². The third kappa shape index (κ3) is 19.3. The summed E-state index contributed by atoms with van der Waals surface area (Å²) in [5.41, 5.74) is 0.568. The van der Waals surface area contributed by atoms with Crippen LogP contribution in [0.4, 0.5) is 50.7 Å². The van der Waals surface area contributed by atoms with E-state index in [9.17, 15) is 28.0 Å². The Morgan fingerprint density at radius 2 is 1.18 bits per heavy atom. The molecule has 0 bridgehead atoms. The first-order valence-electron chi connectivity index (χ1n) is 20.5. The molecule has 3 N–H and O–H groups in total. The Bertz CT molecular complexity index is 2050. The Kier molecular flexibility index (Phi) is 23.0. The molecule has 4 saturated heterocycles. The van der Waals surface area contributed by atoms with E-state index in [4.69, 9.17) is 40.7 Å². The molecule has 4 aliphatic heterocycles. The van der Waals surface area contributed by atoms with Crippen LogP contribution in [0.5, 0.6) is 0 Å². The number of aliphatic carboxylic acids is 1. The van der Waals surface area contributed by atoms with E-state index >= 15 is 0 Å². The van der Waals surface area contributed by atoms with Crippen LogP contribution in [0.2, 0.25) is 0 Å². The summed E-state index contributed by atoms with van der Waals surface area (Å²) in [5, 5.41) is 26.1. The molecule has 6 rings (SSSR count). The molecule has 2 atom stereocenters. The second-order valence-electron chi connectivity index (χ2n) is 16.6. The first-order valence-corrected chi connectivity index (χ1v) is 21.3. The number of hydrogen-bond donors (Lipinski definition) is 3. The molecule has 0 aromatic heterocycles. The summed E-state index contributed by atoms with van der Waals surface area (Å²) in [5.74, 6) is -1.89. The number of nitriles is 1. The van der Waals surface area contributed by atoms with Crippen molar-refractivity contribution < 1.29 is 86.4 Å². The predicted molar refractivity (Wildman–Crippen MR) is 237 cm³/mol. The number of carbonyl (C=O) groups excluding carboxylic acids is 5. The van der Waals surface area contributed by atoms with E-state index in [1.807, 2.05) is 9.80 Å². The number of anilines is 4. The number of carboxylic acids is 1. The standard InChI is InChI=1S/C20H26FN5O4.C19H27FN4O4.C2H4O2.CBrN.Na/c1-20(2,3)30-18(27)23-12-15-13-26(19(28)29-15)14-5-6-17(16(21)11-14)24-7-9-25(22-4)10-8-24;1-19(2,3)28-17(25)22-11-14-12-24(18(26)27-14)13-4-5-16(15(20)10-13)23-8-6-21-7-9-23;1-2(3)4;2-1-3;/h5-6,11,15H,7-10,12-13H2,1-3H3,(H,23,27);4-5,10,14,21H,6-9,11-12H2,1-3H3,(H,22,25);1H3,(H,3,4);;/q;;;;+1/p-1/t15-;14-;;;/m00.../s1. The molecule has 4 amide bonds. The van der Waals surface area contributed by atoms with Gasteiger partial charge in [-0.15, -0.1) is 5.01 Å². The van der Waals surface area contributed by atoms with E-state index in [1.54, 1.807) is 75.8 Å². The third-order valence-corrected chi connectivity index (χ3v) is 9.18. The molecule has 2 aromatic carbocycles. The van der Waals surface area contributed by atoms with Gasteiger partial charge in [-0.1, -0.05) is 0 Å². The zero-order valence-electron chi connectivity index (χ0n) is 38.5. The van der Waals surface area contributed by atoms with E-state index < -0.39 is 59.6 Å². The quantitative estimate of drug-likeness (QED) is 0.193. The van der Waals surface area contributed by atoms with Gasteiger partial charge in [-0.2, -0.15) is 16.8 Å². The van der Waals surface area contributed by atoms with Gasteiger partial charge >= 0.3 is 53.9 Å². The molecule has 356 valence electrons. The third-order valence-electron chi connectivity index (χ3n) is 9.18. The summed E-state index contributed by atoms with van der Waals surface area (Å²) >= 11 is 2.45. The average molecular weight is 1000 g/mol. The minimum Gasteiger partial charge on any atom is -0.550 e. The van der Waals surface area contributed by atoms with Crippen molar-refractivity contribution in [1.29, 1.82) is 5.26 Å². The predicted octanol–water partition coefficient (Wildman–Crippen LogP) is 1.34. The number of benzene rings is 2. The van der Waals surface area contributed by atoms with Crippen molar-refractivity contribution in [2.45, 2.75) is 71.9 Å². The van der Waals surface area contributed by atoms with Gasteiger partial charge in [0.25, 0.3) is 0 Å². The van der Waals surface area contributed by atoms with Gasteiger partial charge in [-0.3, -0.25) is 9.80 Å². The van der Waals surface area contributed by atoms with Crippen LogP contribution in [0.15, 0.2) is 36.4 Å². The molecule has 4 heterocycles. The Balaban J connectivity index is 0.000000393. The van der Waals surface area contributed by atoms with Gasteiger partial charge in [0.2, 0.25) is 0 Å². The maximum atomic E-state index is 14.7. The number of piperazine rings is 2. The van der Waals surface area contributed by atoms with Gasteiger partial charge in [0.05, 0.1) is 48.9 Å². The molecule has 0 spiro atoms. The molecule has 0 saturated carbocycles. The van der Waals surface area contributed by atoms with Crippen LogP contribution in [0.1, 0.15) is 48.5 Å². The van der Waals surface area contributed by atoms with Crippen LogP contribution in [0, 0.1) is 28.4 Å². The van der Waals surface area contributed by atoms with Crippen molar-refractivity contribution in [3.63, 3.8) is 0 Å². The molecule has 4 aliphatic rings. The van der Waals surface area contributed by atoms with Crippen molar-refractivity contribution in [3.05, 3.63) is 59.6 Å². The molecule has 0 radical (unpaired) electrons. The van der Waals surface area contributed by atoms with Crippen LogP contribution >= 0.6 is 15.9 Å². The monoisotopic (exact) mass is 1000 g/mol.